The lowest BCUT2D eigenvalue weighted by Gasteiger charge is -2.04. The molecule has 0 aliphatic carbocycles. The average Bonchev–Trinajstić information content (AvgIpc) is 2.86. The Morgan fingerprint density at radius 3 is 2.88 bits per heavy atom. The van der Waals surface area contributed by atoms with Crippen LogP contribution in [-0.4, -0.2) is 19.9 Å². The molecule has 0 atom stereocenters. The second-order valence-corrected chi connectivity index (χ2v) is 3.81. The van der Waals surface area contributed by atoms with Gasteiger partial charge in [-0.2, -0.15) is 0 Å². The lowest BCUT2D eigenvalue weighted by molar-refractivity contribution is 0.0971. The molecule has 2 heterocycles. The number of aryl methyl sites for hydroxylation is 2. The number of imidazole rings is 1. The van der Waals surface area contributed by atoms with Gasteiger partial charge in [0.05, 0.1) is 6.54 Å². The van der Waals surface area contributed by atoms with E-state index in [-0.39, 0.29) is 5.78 Å². The van der Waals surface area contributed by atoms with Gasteiger partial charge in [0.25, 0.3) is 0 Å². The van der Waals surface area contributed by atoms with E-state index in [0.717, 1.165) is 17.8 Å². The van der Waals surface area contributed by atoms with Crippen LogP contribution < -0.4 is 0 Å². The Balaban J connectivity index is 2.13. The fourth-order valence-corrected chi connectivity index (χ4v) is 1.71. The maximum Gasteiger partial charge on any atom is 0.184 e. The molecule has 4 heteroatoms. The number of carbonyl (C=O) groups excluding carboxylic acids is 1. The van der Waals surface area contributed by atoms with Gasteiger partial charge < -0.3 is 9.13 Å². The van der Waals surface area contributed by atoms with E-state index in [1.54, 1.807) is 6.20 Å². The van der Waals surface area contributed by atoms with Gasteiger partial charge in [0, 0.05) is 43.8 Å². The predicted molar refractivity (Wildman–Crippen MR) is 61.3 cm³/mol. The Morgan fingerprint density at radius 1 is 1.44 bits per heavy atom. The molecule has 0 bridgehead atoms. The second kappa shape index (κ2) is 4.35. The smallest absolute Gasteiger partial charge is 0.184 e. The topological polar surface area (TPSA) is 39.8 Å². The average molecular weight is 217 g/mol. The molecule has 0 saturated heterocycles. The van der Waals surface area contributed by atoms with Crippen LogP contribution in [0.15, 0.2) is 30.9 Å². The fourth-order valence-electron chi connectivity index (χ4n) is 1.71. The maximum atomic E-state index is 11.9. The van der Waals surface area contributed by atoms with Gasteiger partial charge >= 0.3 is 0 Å². The van der Waals surface area contributed by atoms with E-state index >= 15 is 0 Å². The van der Waals surface area contributed by atoms with E-state index in [9.17, 15) is 4.79 Å². The predicted octanol–water partition coefficient (Wildman–Crippen LogP) is 1.67. The molecule has 0 aromatic carbocycles. The zero-order valence-electron chi connectivity index (χ0n) is 9.55. The third-order valence-electron chi connectivity index (χ3n) is 2.59. The van der Waals surface area contributed by atoms with Crippen LogP contribution in [0.4, 0.5) is 0 Å². The highest BCUT2D eigenvalue weighted by atomic mass is 16.1. The molecule has 0 fully saturated rings. The van der Waals surface area contributed by atoms with Crippen LogP contribution in [0.25, 0.3) is 0 Å². The maximum absolute atomic E-state index is 11.9. The van der Waals surface area contributed by atoms with Gasteiger partial charge in [-0.05, 0) is 6.07 Å². The Bertz CT molecular complexity index is 496. The molecule has 16 heavy (non-hydrogen) atoms. The molecule has 0 N–H and O–H groups in total. The molecule has 0 unspecified atom stereocenters. The van der Waals surface area contributed by atoms with Crippen LogP contribution in [0.5, 0.6) is 0 Å². The summed E-state index contributed by atoms with van der Waals surface area (Å²) in [6.45, 7) is 2.40. The molecule has 0 aliphatic heterocycles. The van der Waals surface area contributed by atoms with Gasteiger partial charge in [-0.3, -0.25) is 4.79 Å². The van der Waals surface area contributed by atoms with Crippen molar-refractivity contribution in [1.82, 2.24) is 14.1 Å². The highest BCUT2D eigenvalue weighted by molar-refractivity contribution is 5.95. The minimum atomic E-state index is 0.119. The molecule has 0 spiro atoms. The molecule has 84 valence electrons. The largest absolute Gasteiger partial charge is 0.357 e. The first-order chi connectivity index (χ1) is 7.70. The number of hydrogen-bond donors (Lipinski definition) is 0. The minimum Gasteiger partial charge on any atom is -0.357 e. The summed E-state index contributed by atoms with van der Waals surface area (Å²) in [7, 11) is 1.91. The first-order valence-electron chi connectivity index (χ1n) is 5.36. The Labute approximate surface area is 94.5 Å². The third-order valence-corrected chi connectivity index (χ3v) is 2.59. The Kier molecular flexibility index (Phi) is 2.90. The van der Waals surface area contributed by atoms with Gasteiger partial charge in [-0.1, -0.05) is 6.92 Å². The lowest BCUT2D eigenvalue weighted by Crippen LogP contribution is -2.11. The van der Waals surface area contributed by atoms with Gasteiger partial charge in [0.15, 0.2) is 5.78 Å². The fraction of sp³-hybridized carbons (Fsp3) is 0.333. The van der Waals surface area contributed by atoms with E-state index in [0.29, 0.717) is 6.54 Å². The summed E-state index contributed by atoms with van der Waals surface area (Å²) in [4.78, 5) is 16.1. The Hall–Kier alpha value is -1.84. The number of Topliss-reactive ketones (excluding diaryl/α,β-unsaturated/α-hetero) is 1. The van der Waals surface area contributed by atoms with Gasteiger partial charge in [-0.15, -0.1) is 0 Å². The molecule has 0 saturated carbocycles. The summed E-state index contributed by atoms with van der Waals surface area (Å²) < 4.78 is 3.78. The Morgan fingerprint density at radius 2 is 2.25 bits per heavy atom. The van der Waals surface area contributed by atoms with Crippen molar-refractivity contribution in [3.8, 4) is 0 Å². The number of hydrogen-bond acceptors (Lipinski definition) is 2. The van der Waals surface area contributed by atoms with E-state index in [1.807, 2.05) is 47.8 Å². The van der Waals surface area contributed by atoms with Crippen molar-refractivity contribution < 1.29 is 4.79 Å². The van der Waals surface area contributed by atoms with E-state index in [1.165, 1.54) is 0 Å². The molecular weight excluding hydrogens is 202 g/mol. The standard InChI is InChI=1S/C12H15N3O/c1-3-12-13-5-7-15(12)9-11(16)10-4-6-14(2)8-10/h4-8H,3,9H2,1-2H3. The van der Waals surface area contributed by atoms with Crippen molar-refractivity contribution in [3.63, 3.8) is 0 Å². The summed E-state index contributed by atoms with van der Waals surface area (Å²) in [5.74, 6) is 1.07. The quantitative estimate of drug-likeness (QED) is 0.731. The number of ketones is 1. The third kappa shape index (κ3) is 2.05. The van der Waals surface area contributed by atoms with Crippen LogP contribution in [0.2, 0.25) is 0 Å². The molecule has 4 nitrogen and oxygen atoms in total. The first kappa shape index (κ1) is 10.7. The van der Waals surface area contributed by atoms with E-state index < -0.39 is 0 Å². The normalized spacial score (nSPS) is 10.6. The van der Waals surface area contributed by atoms with Crippen LogP contribution in [0.3, 0.4) is 0 Å². The number of aromatic nitrogens is 3. The van der Waals surface area contributed by atoms with Crippen LogP contribution in [0, 0.1) is 0 Å². The number of nitrogens with zero attached hydrogens (tertiary/aromatic N) is 3. The van der Waals surface area contributed by atoms with Gasteiger partial charge in [0.1, 0.15) is 5.82 Å². The molecule has 0 amide bonds. The minimum absolute atomic E-state index is 0.119. The van der Waals surface area contributed by atoms with Crippen LogP contribution in [0.1, 0.15) is 23.1 Å². The molecule has 2 aromatic heterocycles. The second-order valence-electron chi connectivity index (χ2n) is 3.81. The molecule has 0 radical (unpaired) electrons. The van der Waals surface area contributed by atoms with Gasteiger partial charge in [0.2, 0.25) is 0 Å². The monoisotopic (exact) mass is 217 g/mol. The van der Waals surface area contributed by atoms with Crippen molar-refractivity contribution in [2.45, 2.75) is 19.9 Å². The zero-order valence-corrected chi connectivity index (χ0v) is 9.55. The van der Waals surface area contributed by atoms with Crippen molar-refractivity contribution in [2.24, 2.45) is 7.05 Å². The van der Waals surface area contributed by atoms with Gasteiger partial charge in [-0.25, -0.2) is 4.98 Å². The number of carbonyl (C=O) groups is 1. The summed E-state index contributed by atoms with van der Waals surface area (Å²) in [5.41, 5.74) is 0.748. The van der Waals surface area contributed by atoms with E-state index in [2.05, 4.69) is 4.98 Å². The van der Waals surface area contributed by atoms with Crippen molar-refractivity contribution in [3.05, 3.63) is 42.2 Å². The van der Waals surface area contributed by atoms with Crippen LogP contribution in [-0.2, 0) is 20.0 Å². The summed E-state index contributed by atoms with van der Waals surface area (Å²) in [6.07, 6.45) is 8.14. The SMILES string of the molecule is CCc1nccn1CC(=O)c1ccn(C)c1. The summed E-state index contributed by atoms with van der Waals surface area (Å²) >= 11 is 0. The summed E-state index contributed by atoms with van der Waals surface area (Å²) in [5, 5.41) is 0. The van der Waals surface area contributed by atoms with Crippen molar-refractivity contribution in [2.75, 3.05) is 0 Å². The first-order valence-corrected chi connectivity index (χ1v) is 5.36. The zero-order chi connectivity index (χ0) is 11.5. The summed E-state index contributed by atoms with van der Waals surface area (Å²) in [6, 6.07) is 1.84. The lowest BCUT2D eigenvalue weighted by atomic mass is 10.2. The highest BCUT2D eigenvalue weighted by Crippen LogP contribution is 2.05. The van der Waals surface area contributed by atoms with E-state index in [4.69, 9.17) is 0 Å². The molecule has 0 aliphatic rings. The molecular formula is C12H15N3O. The number of rotatable bonds is 4. The van der Waals surface area contributed by atoms with Crippen molar-refractivity contribution >= 4 is 5.78 Å². The molecule has 2 rings (SSSR count). The molecule has 2 aromatic rings. The van der Waals surface area contributed by atoms with Crippen LogP contribution >= 0.6 is 0 Å². The van der Waals surface area contributed by atoms with Crippen molar-refractivity contribution in [1.29, 1.82) is 0 Å². The highest BCUT2D eigenvalue weighted by Gasteiger charge is 2.09.